The molecule has 0 saturated carbocycles. The fourth-order valence-electron chi connectivity index (χ4n) is 3.28. The van der Waals surface area contributed by atoms with E-state index in [1.165, 1.54) is 11.1 Å². The Morgan fingerprint density at radius 3 is 2.43 bits per heavy atom. The molecule has 0 aliphatic carbocycles. The molecule has 1 amide bonds. The Balaban J connectivity index is 1.56. The minimum atomic E-state index is -0.412. The normalized spacial score (nSPS) is 15.9. The molecule has 1 fully saturated rings. The number of pyridine rings is 1. The molecule has 150 valence electrons. The molecule has 5 nitrogen and oxygen atoms in total. The van der Waals surface area contributed by atoms with Crippen LogP contribution in [-0.2, 0) is 11.3 Å². The molecule has 0 radical (unpaired) electrons. The Labute approximate surface area is 168 Å². The molecule has 28 heavy (non-hydrogen) atoms. The maximum atomic E-state index is 12.1. The van der Waals surface area contributed by atoms with Gasteiger partial charge in [-0.2, -0.15) is 0 Å². The first kappa shape index (κ1) is 20.3. The van der Waals surface area contributed by atoms with Crippen LogP contribution in [0.1, 0.15) is 38.3 Å². The predicted molar refractivity (Wildman–Crippen MR) is 116 cm³/mol. The van der Waals surface area contributed by atoms with E-state index in [0.717, 1.165) is 50.6 Å². The van der Waals surface area contributed by atoms with E-state index in [1.54, 1.807) is 6.20 Å². The van der Waals surface area contributed by atoms with Gasteiger partial charge in [0.05, 0.1) is 11.9 Å². The maximum absolute atomic E-state index is 12.1. The van der Waals surface area contributed by atoms with E-state index in [2.05, 4.69) is 51.3 Å². The zero-order valence-electron chi connectivity index (χ0n) is 17.5. The monoisotopic (exact) mass is 380 g/mol. The number of benzene rings is 1. The zero-order chi connectivity index (χ0) is 20.1. The number of aromatic nitrogens is 1. The number of carbonyl (C=O) groups is 1. The van der Waals surface area contributed by atoms with Gasteiger partial charge in [0.25, 0.3) is 0 Å². The second-order valence-electron chi connectivity index (χ2n) is 8.71. The third-order valence-electron chi connectivity index (χ3n) is 5.13. The predicted octanol–water partition coefficient (Wildman–Crippen LogP) is 4.09. The Morgan fingerprint density at radius 2 is 1.79 bits per heavy atom. The Bertz CT molecular complexity index is 778. The van der Waals surface area contributed by atoms with Crippen molar-refractivity contribution in [1.82, 2.24) is 9.88 Å². The summed E-state index contributed by atoms with van der Waals surface area (Å²) in [5, 5.41) is 2.93. The smallest absolute Gasteiger partial charge is 0.229 e. The van der Waals surface area contributed by atoms with Gasteiger partial charge in [0, 0.05) is 38.1 Å². The van der Waals surface area contributed by atoms with E-state index < -0.39 is 5.41 Å². The lowest BCUT2D eigenvalue weighted by atomic mass is 9.96. The van der Waals surface area contributed by atoms with E-state index in [4.69, 9.17) is 0 Å². The van der Waals surface area contributed by atoms with Crippen LogP contribution in [-0.4, -0.2) is 42.0 Å². The Kier molecular flexibility index (Phi) is 6.35. The van der Waals surface area contributed by atoms with E-state index in [1.807, 2.05) is 32.9 Å². The van der Waals surface area contributed by atoms with E-state index in [0.29, 0.717) is 0 Å². The van der Waals surface area contributed by atoms with Crippen LogP contribution in [0.4, 0.5) is 11.5 Å². The summed E-state index contributed by atoms with van der Waals surface area (Å²) in [6.07, 6.45) is 2.88. The van der Waals surface area contributed by atoms with E-state index >= 15 is 0 Å². The van der Waals surface area contributed by atoms with Crippen LogP contribution in [0, 0.1) is 12.3 Å². The van der Waals surface area contributed by atoms with E-state index in [-0.39, 0.29) is 5.91 Å². The van der Waals surface area contributed by atoms with Gasteiger partial charge in [-0.1, -0.05) is 50.6 Å². The second-order valence-corrected chi connectivity index (χ2v) is 8.71. The first-order valence-corrected chi connectivity index (χ1v) is 10.1. The van der Waals surface area contributed by atoms with Gasteiger partial charge in [-0.25, -0.2) is 4.98 Å². The van der Waals surface area contributed by atoms with Crippen LogP contribution >= 0.6 is 0 Å². The van der Waals surface area contributed by atoms with Gasteiger partial charge in [0.1, 0.15) is 5.82 Å². The topological polar surface area (TPSA) is 48.5 Å². The summed E-state index contributed by atoms with van der Waals surface area (Å²) in [4.78, 5) is 21.6. The lowest BCUT2D eigenvalue weighted by Crippen LogP contribution is -2.31. The quantitative estimate of drug-likeness (QED) is 0.868. The first-order chi connectivity index (χ1) is 13.3. The number of nitrogens with zero attached hydrogens (tertiary/aromatic N) is 3. The molecular formula is C23H32N4O. The number of rotatable bonds is 4. The minimum absolute atomic E-state index is 0.00331. The van der Waals surface area contributed by atoms with Gasteiger partial charge < -0.3 is 10.2 Å². The standard InChI is InChI=1S/C23H32N4O/c1-18-6-8-19(9-7-18)17-26-12-5-13-27(15-14-26)21-11-10-20(16-24-21)25-22(28)23(2,3)4/h6-11,16H,5,12-15,17H2,1-4H3,(H,25,28). The summed E-state index contributed by atoms with van der Waals surface area (Å²) in [5.41, 5.74) is 3.01. The van der Waals surface area contributed by atoms with Crippen LogP contribution < -0.4 is 10.2 Å². The first-order valence-electron chi connectivity index (χ1n) is 10.1. The average Bonchev–Trinajstić information content (AvgIpc) is 2.89. The highest BCUT2D eigenvalue weighted by molar-refractivity contribution is 5.94. The van der Waals surface area contributed by atoms with Gasteiger partial charge in [-0.05, 0) is 31.0 Å². The summed E-state index contributed by atoms with van der Waals surface area (Å²) in [6.45, 7) is 12.9. The molecule has 0 spiro atoms. The number of anilines is 2. The molecular weight excluding hydrogens is 348 g/mol. The number of hydrogen-bond acceptors (Lipinski definition) is 4. The largest absolute Gasteiger partial charge is 0.355 e. The third-order valence-corrected chi connectivity index (χ3v) is 5.13. The summed E-state index contributed by atoms with van der Waals surface area (Å²) in [7, 11) is 0. The van der Waals surface area contributed by atoms with Crippen molar-refractivity contribution in [3.8, 4) is 0 Å². The summed E-state index contributed by atoms with van der Waals surface area (Å²) < 4.78 is 0. The number of aryl methyl sites for hydroxylation is 1. The molecule has 1 aliphatic heterocycles. The number of amides is 1. The van der Waals surface area contributed by atoms with Crippen molar-refractivity contribution in [3.05, 3.63) is 53.7 Å². The summed E-state index contributed by atoms with van der Waals surface area (Å²) in [5.74, 6) is 0.981. The molecule has 1 saturated heterocycles. The molecule has 0 atom stereocenters. The van der Waals surface area contributed by atoms with Crippen molar-refractivity contribution >= 4 is 17.4 Å². The molecule has 2 heterocycles. The van der Waals surface area contributed by atoms with Crippen molar-refractivity contribution in [1.29, 1.82) is 0 Å². The number of hydrogen-bond donors (Lipinski definition) is 1. The van der Waals surface area contributed by atoms with Crippen molar-refractivity contribution in [3.63, 3.8) is 0 Å². The molecule has 1 aliphatic rings. The van der Waals surface area contributed by atoms with Gasteiger partial charge >= 0.3 is 0 Å². The van der Waals surface area contributed by atoms with Crippen molar-refractivity contribution in [2.45, 2.75) is 40.7 Å². The lowest BCUT2D eigenvalue weighted by molar-refractivity contribution is -0.123. The highest BCUT2D eigenvalue weighted by atomic mass is 16.2. The van der Waals surface area contributed by atoms with Crippen molar-refractivity contribution in [2.24, 2.45) is 5.41 Å². The molecule has 0 bridgehead atoms. The third kappa shape index (κ3) is 5.55. The SMILES string of the molecule is Cc1ccc(CN2CCCN(c3ccc(NC(=O)C(C)(C)C)cn3)CC2)cc1. The van der Waals surface area contributed by atoms with Crippen LogP contribution in [0.3, 0.4) is 0 Å². The molecule has 5 heteroatoms. The molecule has 1 N–H and O–H groups in total. The molecule has 1 aromatic heterocycles. The highest BCUT2D eigenvalue weighted by Crippen LogP contribution is 2.20. The summed E-state index contributed by atoms with van der Waals surface area (Å²) >= 11 is 0. The Morgan fingerprint density at radius 1 is 1.04 bits per heavy atom. The van der Waals surface area contributed by atoms with E-state index in [9.17, 15) is 4.79 Å². The fraction of sp³-hybridized carbons (Fsp3) is 0.478. The molecule has 1 aromatic carbocycles. The molecule has 0 unspecified atom stereocenters. The number of nitrogens with one attached hydrogen (secondary N) is 1. The number of carbonyl (C=O) groups excluding carboxylic acids is 1. The van der Waals surface area contributed by atoms with Gasteiger partial charge in [0.15, 0.2) is 0 Å². The van der Waals surface area contributed by atoms with Gasteiger partial charge in [-0.15, -0.1) is 0 Å². The second kappa shape index (κ2) is 8.74. The van der Waals surface area contributed by atoms with Crippen LogP contribution in [0.15, 0.2) is 42.6 Å². The maximum Gasteiger partial charge on any atom is 0.229 e. The average molecular weight is 381 g/mol. The minimum Gasteiger partial charge on any atom is -0.355 e. The van der Waals surface area contributed by atoms with Crippen molar-refractivity contribution < 1.29 is 4.79 Å². The lowest BCUT2D eigenvalue weighted by Gasteiger charge is -2.23. The van der Waals surface area contributed by atoms with Crippen LogP contribution in [0.2, 0.25) is 0 Å². The zero-order valence-corrected chi connectivity index (χ0v) is 17.5. The molecule has 2 aromatic rings. The highest BCUT2D eigenvalue weighted by Gasteiger charge is 2.21. The Hall–Kier alpha value is -2.40. The van der Waals surface area contributed by atoms with Gasteiger partial charge in [0.2, 0.25) is 5.91 Å². The summed E-state index contributed by atoms with van der Waals surface area (Å²) in [6, 6.07) is 12.8. The fourth-order valence-corrected chi connectivity index (χ4v) is 3.28. The van der Waals surface area contributed by atoms with Crippen molar-refractivity contribution in [2.75, 3.05) is 36.4 Å². The van der Waals surface area contributed by atoms with Crippen LogP contribution in [0.25, 0.3) is 0 Å². The van der Waals surface area contributed by atoms with Crippen LogP contribution in [0.5, 0.6) is 0 Å². The van der Waals surface area contributed by atoms with Gasteiger partial charge in [-0.3, -0.25) is 9.69 Å². The molecule has 3 rings (SSSR count).